The minimum absolute atomic E-state index is 0.418. The Balaban J connectivity index is 1.35. The van der Waals surface area contributed by atoms with Gasteiger partial charge in [-0.3, -0.25) is 4.68 Å². The van der Waals surface area contributed by atoms with Gasteiger partial charge in [0.15, 0.2) is 0 Å². The van der Waals surface area contributed by atoms with Crippen LogP contribution in [0.5, 0.6) is 5.75 Å². The highest BCUT2D eigenvalue weighted by Gasteiger charge is 2.12. The fourth-order valence-electron chi connectivity index (χ4n) is 3.42. The van der Waals surface area contributed by atoms with Crippen molar-refractivity contribution < 1.29 is 4.74 Å². The number of benzene rings is 2. The van der Waals surface area contributed by atoms with E-state index in [0.717, 1.165) is 44.7 Å². The smallest absolute Gasteiger partial charge is 0.130 e. The van der Waals surface area contributed by atoms with Gasteiger partial charge in [-0.15, -0.1) is 0 Å². The van der Waals surface area contributed by atoms with Crippen molar-refractivity contribution in [1.82, 2.24) is 25.0 Å². The Bertz CT molecular complexity index is 1300. The Morgan fingerprint density at radius 1 is 0.867 bits per heavy atom. The van der Waals surface area contributed by atoms with Gasteiger partial charge in [0.1, 0.15) is 18.1 Å². The summed E-state index contributed by atoms with van der Waals surface area (Å²) in [6.45, 7) is 0.418. The Morgan fingerprint density at radius 2 is 1.73 bits per heavy atom. The summed E-state index contributed by atoms with van der Waals surface area (Å²) in [4.78, 5) is 4.65. The van der Waals surface area contributed by atoms with Gasteiger partial charge < -0.3 is 4.74 Å². The maximum atomic E-state index is 5.95. The van der Waals surface area contributed by atoms with E-state index < -0.39 is 0 Å². The molecule has 0 saturated carbocycles. The molecule has 0 bridgehead atoms. The van der Waals surface area contributed by atoms with Crippen LogP contribution in [0.15, 0.2) is 85.3 Å². The average Bonchev–Trinajstić information content (AvgIpc) is 3.20. The van der Waals surface area contributed by atoms with E-state index in [-0.39, 0.29) is 0 Å². The van der Waals surface area contributed by atoms with Crippen molar-refractivity contribution in [1.29, 1.82) is 0 Å². The Labute approximate surface area is 173 Å². The van der Waals surface area contributed by atoms with Gasteiger partial charge in [0.05, 0.1) is 23.6 Å². The first-order chi connectivity index (χ1) is 14.8. The molecule has 5 aromatic rings. The third kappa shape index (κ3) is 3.63. The van der Waals surface area contributed by atoms with E-state index in [1.54, 1.807) is 17.1 Å². The zero-order valence-corrected chi connectivity index (χ0v) is 16.4. The number of aromatic nitrogens is 5. The first kappa shape index (κ1) is 18.0. The lowest BCUT2D eigenvalue weighted by Crippen LogP contribution is -1.98. The van der Waals surface area contributed by atoms with Crippen LogP contribution in [0, 0.1) is 0 Å². The average molecular weight is 393 g/mol. The number of ether oxygens (including phenoxy) is 1. The van der Waals surface area contributed by atoms with Crippen LogP contribution in [0.2, 0.25) is 0 Å². The summed E-state index contributed by atoms with van der Waals surface area (Å²) < 4.78 is 7.75. The molecule has 3 heterocycles. The maximum Gasteiger partial charge on any atom is 0.130 e. The molecule has 6 heteroatoms. The summed E-state index contributed by atoms with van der Waals surface area (Å²) in [6.07, 6.45) is 5.42. The number of para-hydroxylation sites is 1. The van der Waals surface area contributed by atoms with Crippen LogP contribution in [0.4, 0.5) is 0 Å². The summed E-state index contributed by atoms with van der Waals surface area (Å²) in [5, 5.41) is 13.6. The van der Waals surface area contributed by atoms with Crippen LogP contribution >= 0.6 is 0 Å². The molecule has 6 nitrogen and oxygen atoms in total. The number of rotatable bonds is 5. The minimum atomic E-state index is 0.418. The van der Waals surface area contributed by atoms with Crippen molar-refractivity contribution in [3.63, 3.8) is 0 Å². The van der Waals surface area contributed by atoms with E-state index in [1.165, 1.54) is 0 Å². The summed E-state index contributed by atoms with van der Waals surface area (Å²) in [7, 11) is 1.91. The van der Waals surface area contributed by atoms with Crippen molar-refractivity contribution in [3.05, 3.63) is 91.0 Å². The van der Waals surface area contributed by atoms with E-state index in [0.29, 0.717) is 6.61 Å². The molecular weight excluding hydrogens is 374 g/mol. The molecule has 0 aliphatic carbocycles. The standard InChI is InChI=1S/C24H19N5O/c1-29-15-22(19-12-13-25-26-14-19)24(28-29)18-7-10-21(11-8-18)30-16-20-9-6-17-4-2-3-5-23(17)27-20/h2-15H,16H2,1H3. The van der Waals surface area contributed by atoms with Gasteiger partial charge in [-0.1, -0.05) is 24.3 Å². The van der Waals surface area contributed by atoms with E-state index in [4.69, 9.17) is 4.74 Å². The molecule has 0 aliphatic heterocycles. The quantitative estimate of drug-likeness (QED) is 0.434. The Kier molecular flexibility index (Phi) is 4.65. The number of fused-ring (bicyclic) bond motifs is 1. The molecule has 146 valence electrons. The molecule has 5 rings (SSSR count). The molecule has 30 heavy (non-hydrogen) atoms. The van der Waals surface area contributed by atoms with Crippen LogP contribution in [-0.4, -0.2) is 25.0 Å². The molecule has 0 unspecified atom stereocenters. The van der Waals surface area contributed by atoms with Crippen LogP contribution in [0.25, 0.3) is 33.3 Å². The SMILES string of the molecule is Cn1cc(-c2ccnnc2)c(-c2ccc(OCc3ccc4ccccc4n3)cc2)n1. The highest BCUT2D eigenvalue weighted by Crippen LogP contribution is 2.31. The van der Waals surface area contributed by atoms with Gasteiger partial charge >= 0.3 is 0 Å². The predicted molar refractivity (Wildman–Crippen MR) is 116 cm³/mol. The second-order valence-corrected chi connectivity index (χ2v) is 7.00. The van der Waals surface area contributed by atoms with Crippen LogP contribution < -0.4 is 4.74 Å². The van der Waals surface area contributed by atoms with Gasteiger partial charge in [0, 0.05) is 35.3 Å². The summed E-state index contributed by atoms with van der Waals surface area (Å²) in [5.74, 6) is 0.789. The number of hydrogen-bond donors (Lipinski definition) is 0. The van der Waals surface area contributed by atoms with Gasteiger partial charge in [-0.05, 0) is 42.5 Å². The summed E-state index contributed by atoms with van der Waals surface area (Å²) in [6, 6.07) is 22.0. The van der Waals surface area contributed by atoms with E-state index in [1.807, 2.05) is 67.8 Å². The van der Waals surface area contributed by atoms with Gasteiger partial charge in [0.2, 0.25) is 0 Å². The van der Waals surface area contributed by atoms with Gasteiger partial charge in [0.25, 0.3) is 0 Å². The lowest BCUT2D eigenvalue weighted by molar-refractivity contribution is 0.302. The molecule has 0 spiro atoms. The second-order valence-electron chi connectivity index (χ2n) is 7.00. The number of pyridine rings is 1. The zero-order valence-electron chi connectivity index (χ0n) is 16.4. The first-order valence-electron chi connectivity index (χ1n) is 9.65. The molecule has 3 aromatic heterocycles. The molecule has 0 aliphatic rings. The van der Waals surface area contributed by atoms with Crippen LogP contribution in [0.1, 0.15) is 5.69 Å². The van der Waals surface area contributed by atoms with E-state index in [9.17, 15) is 0 Å². The molecule has 0 saturated heterocycles. The van der Waals surface area contributed by atoms with Crippen molar-refractivity contribution in [2.45, 2.75) is 6.61 Å². The zero-order chi connectivity index (χ0) is 20.3. The number of hydrogen-bond acceptors (Lipinski definition) is 5. The van der Waals surface area contributed by atoms with Crippen LogP contribution in [-0.2, 0) is 13.7 Å². The fourth-order valence-corrected chi connectivity index (χ4v) is 3.42. The highest BCUT2D eigenvalue weighted by molar-refractivity contribution is 5.80. The summed E-state index contributed by atoms with van der Waals surface area (Å²) in [5.41, 5.74) is 5.78. The lowest BCUT2D eigenvalue weighted by Gasteiger charge is -2.08. The molecule has 0 amide bonds. The molecule has 0 fully saturated rings. The predicted octanol–water partition coefficient (Wildman–Crippen LogP) is 4.67. The lowest BCUT2D eigenvalue weighted by atomic mass is 10.0. The van der Waals surface area contributed by atoms with Crippen molar-refractivity contribution in [3.8, 4) is 28.1 Å². The van der Waals surface area contributed by atoms with E-state index >= 15 is 0 Å². The van der Waals surface area contributed by atoms with Crippen molar-refractivity contribution in [2.75, 3.05) is 0 Å². The van der Waals surface area contributed by atoms with Crippen molar-refractivity contribution in [2.24, 2.45) is 7.05 Å². The van der Waals surface area contributed by atoms with E-state index in [2.05, 4.69) is 32.4 Å². The molecule has 0 atom stereocenters. The number of aryl methyl sites for hydroxylation is 1. The number of nitrogens with zero attached hydrogens (tertiary/aromatic N) is 5. The van der Waals surface area contributed by atoms with Crippen molar-refractivity contribution >= 4 is 10.9 Å². The van der Waals surface area contributed by atoms with Crippen LogP contribution in [0.3, 0.4) is 0 Å². The topological polar surface area (TPSA) is 65.7 Å². The summed E-state index contributed by atoms with van der Waals surface area (Å²) >= 11 is 0. The first-order valence-corrected chi connectivity index (χ1v) is 9.65. The minimum Gasteiger partial charge on any atom is -0.487 e. The molecule has 0 radical (unpaired) electrons. The molecule has 0 N–H and O–H groups in total. The fraction of sp³-hybridized carbons (Fsp3) is 0.0833. The third-order valence-electron chi connectivity index (χ3n) is 4.89. The second kappa shape index (κ2) is 7.75. The highest BCUT2D eigenvalue weighted by atomic mass is 16.5. The largest absolute Gasteiger partial charge is 0.487 e. The Morgan fingerprint density at radius 3 is 2.57 bits per heavy atom. The maximum absolute atomic E-state index is 5.95. The normalized spacial score (nSPS) is 11.0. The molecule has 2 aromatic carbocycles. The monoisotopic (exact) mass is 393 g/mol. The Hall–Kier alpha value is -4.06. The van der Waals surface area contributed by atoms with Gasteiger partial charge in [-0.2, -0.15) is 15.3 Å². The molecular formula is C24H19N5O. The van der Waals surface area contributed by atoms with Gasteiger partial charge in [-0.25, -0.2) is 4.98 Å². The third-order valence-corrected chi connectivity index (χ3v) is 4.89.